The van der Waals surface area contributed by atoms with Crippen molar-refractivity contribution in [2.45, 2.75) is 78.6 Å². The minimum atomic E-state index is -0.208. The summed E-state index contributed by atoms with van der Waals surface area (Å²) in [6, 6.07) is 6.99. The fourth-order valence-corrected chi connectivity index (χ4v) is 6.65. The van der Waals surface area contributed by atoms with Gasteiger partial charge in [0, 0.05) is 86.2 Å². The Hall–Kier alpha value is -3.51. The van der Waals surface area contributed by atoms with Gasteiger partial charge in [-0.2, -0.15) is 5.10 Å². The number of carbonyl (C=O) groups is 1. The Bertz CT molecular complexity index is 1490. The van der Waals surface area contributed by atoms with E-state index < -0.39 is 0 Å². The first kappa shape index (κ1) is 35.3. The molecule has 0 unspecified atom stereocenters. The van der Waals surface area contributed by atoms with E-state index in [1.54, 1.807) is 7.11 Å². The van der Waals surface area contributed by atoms with Crippen LogP contribution in [0.4, 0.5) is 5.69 Å². The van der Waals surface area contributed by atoms with Crippen LogP contribution in [-0.4, -0.2) is 96.3 Å². The van der Waals surface area contributed by atoms with Gasteiger partial charge in [-0.1, -0.05) is 0 Å². The Morgan fingerprint density at radius 3 is 2.52 bits per heavy atom. The summed E-state index contributed by atoms with van der Waals surface area (Å²) >= 11 is 0. The van der Waals surface area contributed by atoms with Crippen LogP contribution >= 0.6 is 0 Å². The summed E-state index contributed by atoms with van der Waals surface area (Å²) < 4.78 is 7.18. The van der Waals surface area contributed by atoms with Crippen LogP contribution < -0.4 is 21.1 Å². The van der Waals surface area contributed by atoms with E-state index in [1.807, 2.05) is 50.0 Å². The molecule has 0 bridgehead atoms. The number of anilines is 1. The van der Waals surface area contributed by atoms with Gasteiger partial charge >= 0.3 is 0 Å². The molecule has 1 aliphatic rings. The monoisotopic (exact) mass is 635 g/mol. The van der Waals surface area contributed by atoms with Crippen LogP contribution in [0.2, 0.25) is 0 Å². The first-order chi connectivity index (χ1) is 22.2. The Labute approximate surface area is 273 Å². The van der Waals surface area contributed by atoms with Crippen molar-refractivity contribution in [2.75, 3.05) is 58.5 Å². The SMILES string of the molecule is CCN(c1cc(-c2cnn(CCNCCO)c2)cc(C(=O)NCc2c(C)cc(C)[nH]c2=O)c1C)C1CCC(N(C)CCOC)CC1. The molecular formula is C35H53N7O4. The van der Waals surface area contributed by atoms with Crippen molar-refractivity contribution >= 4 is 11.6 Å². The lowest BCUT2D eigenvalue weighted by Gasteiger charge is -2.41. The summed E-state index contributed by atoms with van der Waals surface area (Å²) in [5.41, 5.74) is 6.48. The number of likely N-dealkylation sites (N-methyl/N-ethyl adjacent to an activating group) is 1. The Morgan fingerprint density at radius 1 is 1.11 bits per heavy atom. The highest BCUT2D eigenvalue weighted by Gasteiger charge is 2.29. The number of benzene rings is 1. The maximum atomic E-state index is 13.9. The van der Waals surface area contributed by atoms with Crippen LogP contribution in [0.25, 0.3) is 11.1 Å². The number of aromatic nitrogens is 3. The highest BCUT2D eigenvalue weighted by atomic mass is 16.5. The molecule has 1 fully saturated rings. The lowest BCUT2D eigenvalue weighted by atomic mass is 9.88. The fraction of sp³-hybridized carbons (Fsp3) is 0.571. The summed E-state index contributed by atoms with van der Waals surface area (Å²) in [5, 5.41) is 19.9. The number of aromatic amines is 1. The van der Waals surface area contributed by atoms with E-state index in [1.165, 1.54) is 0 Å². The number of nitrogens with one attached hydrogen (secondary N) is 3. The van der Waals surface area contributed by atoms with Crippen LogP contribution in [0.5, 0.6) is 0 Å². The smallest absolute Gasteiger partial charge is 0.253 e. The molecule has 2 aromatic heterocycles. The zero-order valence-electron chi connectivity index (χ0n) is 28.5. The molecule has 0 aliphatic heterocycles. The van der Waals surface area contributed by atoms with Gasteiger partial charge < -0.3 is 35.3 Å². The molecule has 11 nitrogen and oxygen atoms in total. The molecule has 11 heteroatoms. The lowest BCUT2D eigenvalue weighted by molar-refractivity contribution is 0.0950. The largest absolute Gasteiger partial charge is 0.395 e. The van der Waals surface area contributed by atoms with Gasteiger partial charge in [0.1, 0.15) is 0 Å². The van der Waals surface area contributed by atoms with Gasteiger partial charge in [0.05, 0.1) is 26.0 Å². The van der Waals surface area contributed by atoms with Crippen LogP contribution in [0.1, 0.15) is 65.3 Å². The third-order valence-corrected chi connectivity index (χ3v) is 9.35. The average Bonchev–Trinajstić information content (AvgIpc) is 3.51. The lowest BCUT2D eigenvalue weighted by Crippen LogP contribution is -2.44. The number of hydrogen-bond donors (Lipinski definition) is 4. The Balaban J connectivity index is 1.63. The van der Waals surface area contributed by atoms with Crippen molar-refractivity contribution in [3.63, 3.8) is 0 Å². The molecule has 1 saturated carbocycles. The van der Waals surface area contributed by atoms with Gasteiger partial charge in [-0.25, -0.2) is 0 Å². The molecule has 0 spiro atoms. The minimum absolute atomic E-state index is 0.0965. The van der Waals surface area contributed by atoms with E-state index in [-0.39, 0.29) is 24.6 Å². The van der Waals surface area contributed by atoms with Crippen LogP contribution in [0.15, 0.2) is 35.4 Å². The third kappa shape index (κ3) is 8.85. The maximum Gasteiger partial charge on any atom is 0.253 e. The number of carbonyl (C=O) groups excluding carboxylic acids is 1. The van der Waals surface area contributed by atoms with Crippen LogP contribution in [-0.2, 0) is 17.8 Å². The molecule has 1 aliphatic carbocycles. The Morgan fingerprint density at radius 2 is 1.85 bits per heavy atom. The zero-order chi connectivity index (χ0) is 33.2. The Kier molecular flexibility index (Phi) is 13.0. The molecule has 4 N–H and O–H groups in total. The summed E-state index contributed by atoms with van der Waals surface area (Å²) in [6.07, 6.45) is 8.24. The molecule has 0 saturated heterocycles. The molecule has 46 heavy (non-hydrogen) atoms. The van der Waals surface area contributed by atoms with Crippen LogP contribution in [0.3, 0.4) is 0 Å². The van der Waals surface area contributed by atoms with E-state index in [2.05, 4.69) is 50.6 Å². The predicted molar refractivity (Wildman–Crippen MR) is 184 cm³/mol. The predicted octanol–water partition coefficient (Wildman–Crippen LogP) is 3.39. The number of amides is 1. The summed E-state index contributed by atoms with van der Waals surface area (Å²) in [6.45, 7) is 12.6. The van der Waals surface area contributed by atoms with Gasteiger partial charge in [-0.3, -0.25) is 14.3 Å². The topological polar surface area (TPSA) is 128 Å². The number of ether oxygens (including phenoxy) is 1. The van der Waals surface area contributed by atoms with Crippen molar-refractivity contribution in [3.05, 3.63) is 68.9 Å². The van der Waals surface area contributed by atoms with Crippen molar-refractivity contribution in [2.24, 2.45) is 0 Å². The van der Waals surface area contributed by atoms with Crippen molar-refractivity contribution < 1.29 is 14.6 Å². The summed E-state index contributed by atoms with van der Waals surface area (Å²) in [7, 11) is 3.94. The highest BCUT2D eigenvalue weighted by Crippen LogP contribution is 2.35. The molecule has 4 rings (SSSR count). The number of pyridine rings is 1. The number of aliphatic hydroxyl groups is 1. The molecule has 252 valence electrons. The van der Waals surface area contributed by atoms with Crippen LogP contribution in [0, 0.1) is 20.8 Å². The molecular weight excluding hydrogens is 582 g/mol. The molecule has 3 aromatic rings. The number of methoxy groups -OCH3 is 1. The van der Waals surface area contributed by atoms with E-state index in [9.17, 15) is 9.59 Å². The molecule has 0 radical (unpaired) electrons. The number of rotatable bonds is 16. The number of aryl methyl sites for hydroxylation is 2. The summed E-state index contributed by atoms with van der Waals surface area (Å²) in [4.78, 5) is 34.2. The van der Waals surface area contributed by atoms with E-state index in [4.69, 9.17) is 9.84 Å². The standard InChI is InChI=1S/C35H53N7O4/c1-7-42(30-10-8-29(9-11-30)40(5)15-17-46-6)33-20-27(28-21-38-41(23-28)14-12-36-13-16-43)19-31(26(33)4)34(44)37-22-32-24(2)18-25(3)39-35(32)45/h18-21,23,29-30,36,43H,7-17,22H2,1-6H3,(H,37,44)(H,39,45). The van der Waals surface area contributed by atoms with E-state index in [0.717, 1.165) is 79.0 Å². The molecule has 2 heterocycles. The van der Waals surface area contributed by atoms with Gasteiger partial charge in [0.25, 0.3) is 11.5 Å². The second-order valence-corrected chi connectivity index (χ2v) is 12.5. The van der Waals surface area contributed by atoms with E-state index in [0.29, 0.717) is 42.8 Å². The second kappa shape index (κ2) is 16.9. The maximum absolute atomic E-state index is 13.9. The molecule has 0 atom stereocenters. The quantitative estimate of drug-likeness (QED) is 0.177. The average molecular weight is 636 g/mol. The number of H-pyrrole nitrogens is 1. The third-order valence-electron chi connectivity index (χ3n) is 9.35. The van der Waals surface area contributed by atoms with Gasteiger partial charge in [-0.05, 0) is 95.3 Å². The molecule has 1 aromatic carbocycles. The first-order valence-corrected chi connectivity index (χ1v) is 16.6. The second-order valence-electron chi connectivity index (χ2n) is 12.5. The van der Waals surface area contributed by atoms with Crippen molar-refractivity contribution in [1.29, 1.82) is 0 Å². The van der Waals surface area contributed by atoms with Crippen molar-refractivity contribution in [1.82, 2.24) is 30.3 Å². The van der Waals surface area contributed by atoms with E-state index >= 15 is 0 Å². The first-order valence-electron chi connectivity index (χ1n) is 16.6. The number of aliphatic hydroxyl groups excluding tert-OH is 1. The summed E-state index contributed by atoms with van der Waals surface area (Å²) in [5.74, 6) is -0.208. The molecule has 1 amide bonds. The van der Waals surface area contributed by atoms with Crippen molar-refractivity contribution in [3.8, 4) is 11.1 Å². The zero-order valence-corrected chi connectivity index (χ0v) is 28.5. The normalized spacial score (nSPS) is 16.6. The number of hydrogen-bond acceptors (Lipinski definition) is 8. The van der Waals surface area contributed by atoms with Gasteiger partial charge in [0.15, 0.2) is 0 Å². The fourth-order valence-electron chi connectivity index (χ4n) is 6.65. The number of nitrogens with zero attached hydrogens (tertiary/aromatic N) is 4. The van der Waals surface area contributed by atoms with Gasteiger partial charge in [-0.15, -0.1) is 0 Å². The minimum Gasteiger partial charge on any atom is -0.395 e. The highest BCUT2D eigenvalue weighted by molar-refractivity contribution is 5.99. The van der Waals surface area contributed by atoms with Gasteiger partial charge in [0.2, 0.25) is 0 Å².